The van der Waals surface area contributed by atoms with E-state index >= 15 is 0 Å². The van der Waals surface area contributed by atoms with E-state index in [0.29, 0.717) is 5.69 Å². The molecule has 3 heteroatoms. The van der Waals surface area contributed by atoms with Crippen LogP contribution in [0.4, 0.5) is 10.5 Å². The molecule has 0 heterocycles. The van der Waals surface area contributed by atoms with Gasteiger partial charge in [0, 0.05) is 5.69 Å². The van der Waals surface area contributed by atoms with Crippen LogP contribution in [0.2, 0.25) is 0 Å². The molecule has 0 aliphatic heterocycles. The van der Waals surface area contributed by atoms with Crippen LogP contribution in [0.25, 0.3) is 0 Å². The fourth-order valence-electron chi connectivity index (χ4n) is 0.863. The van der Waals surface area contributed by atoms with Crippen LogP contribution in [0, 0.1) is 12.3 Å². The summed E-state index contributed by atoms with van der Waals surface area (Å²) in [6.07, 6.45) is 4.00. The molecule has 1 aromatic rings. The molecular weight excluding hydrogens is 178 g/mol. The molecule has 0 aliphatic rings. The first kappa shape index (κ1) is 10.1. The molecule has 0 saturated carbocycles. The van der Waals surface area contributed by atoms with Crippen molar-refractivity contribution < 1.29 is 9.53 Å². The number of anilines is 1. The fourth-order valence-corrected chi connectivity index (χ4v) is 0.863. The molecule has 72 valence electrons. The summed E-state index contributed by atoms with van der Waals surface area (Å²) in [5.74, 6) is 2.30. The summed E-state index contributed by atoms with van der Waals surface area (Å²) in [5, 5.41) is 2.55. The van der Waals surface area contributed by atoms with Crippen molar-refractivity contribution in [2.45, 2.75) is 13.0 Å². The van der Waals surface area contributed by atoms with Gasteiger partial charge in [-0.2, -0.15) is 0 Å². The van der Waals surface area contributed by atoms with Gasteiger partial charge in [0.15, 0.2) is 6.10 Å². The Balaban J connectivity index is 2.47. The third-order valence-corrected chi connectivity index (χ3v) is 1.54. The van der Waals surface area contributed by atoms with Crippen LogP contribution in [0.15, 0.2) is 30.3 Å². The van der Waals surface area contributed by atoms with E-state index in [0.717, 1.165) is 0 Å². The smallest absolute Gasteiger partial charge is 0.412 e. The second-order valence-corrected chi connectivity index (χ2v) is 2.71. The highest BCUT2D eigenvalue weighted by molar-refractivity contribution is 5.84. The van der Waals surface area contributed by atoms with Crippen LogP contribution < -0.4 is 5.32 Å². The Morgan fingerprint density at radius 2 is 2.14 bits per heavy atom. The molecular formula is C11H11NO2. The van der Waals surface area contributed by atoms with E-state index in [2.05, 4.69) is 11.2 Å². The van der Waals surface area contributed by atoms with Gasteiger partial charge >= 0.3 is 6.09 Å². The molecule has 3 nitrogen and oxygen atoms in total. The van der Waals surface area contributed by atoms with Gasteiger partial charge in [-0.05, 0) is 19.1 Å². The first-order chi connectivity index (χ1) is 6.72. The number of carbonyl (C=O) groups excluding carboxylic acids is 1. The lowest BCUT2D eigenvalue weighted by atomic mass is 10.3. The molecule has 1 amide bonds. The van der Waals surface area contributed by atoms with Gasteiger partial charge in [-0.3, -0.25) is 5.32 Å². The van der Waals surface area contributed by atoms with E-state index < -0.39 is 12.2 Å². The van der Waals surface area contributed by atoms with Crippen molar-refractivity contribution in [2.24, 2.45) is 0 Å². The molecule has 0 unspecified atom stereocenters. The molecule has 1 aromatic carbocycles. The second kappa shape index (κ2) is 4.93. The molecule has 0 saturated heterocycles. The third-order valence-electron chi connectivity index (χ3n) is 1.54. The summed E-state index contributed by atoms with van der Waals surface area (Å²) < 4.78 is 4.82. The lowest BCUT2D eigenvalue weighted by Gasteiger charge is -2.08. The normalized spacial score (nSPS) is 11.1. The van der Waals surface area contributed by atoms with Crippen molar-refractivity contribution in [3.63, 3.8) is 0 Å². The van der Waals surface area contributed by atoms with E-state index in [1.165, 1.54) is 0 Å². The number of terminal acetylenes is 1. The van der Waals surface area contributed by atoms with Crippen molar-refractivity contribution in [2.75, 3.05) is 5.32 Å². The number of para-hydroxylation sites is 1. The Hall–Kier alpha value is -1.95. The zero-order valence-electron chi connectivity index (χ0n) is 7.86. The summed E-state index contributed by atoms with van der Waals surface area (Å²) in [4.78, 5) is 11.2. The van der Waals surface area contributed by atoms with Crippen LogP contribution in [-0.2, 0) is 4.74 Å². The minimum Gasteiger partial charge on any atom is -0.433 e. The number of hydrogen-bond donors (Lipinski definition) is 1. The number of benzene rings is 1. The lowest BCUT2D eigenvalue weighted by Crippen LogP contribution is -2.18. The number of hydrogen-bond acceptors (Lipinski definition) is 2. The van der Waals surface area contributed by atoms with Crippen LogP contribution in [-0.4, -0.2) is 12.2 Å². The Morgan fingerprint density at radius 1 is 1.50 bits per heavy atom. The van der Waals surface area contributed by atoms with Gasteiger partial charge in [-0.15, -0.1) is 6.42 Å². The molecule has 0 bridgehead atoms. The van der Waals surface area contributed by atoms with Crippen molar-refractivity contribution >= 4 is 11.8 Å². The summed E-state index contributed by atoms with van der Waals surface area (Å²) >= 11 is 0. The molecule has 1 N–H and O–H groups in total. The van der Waals surface area contributed by atoms with E-state index in [1.54, 1.807) is 19.1 Å². The quantitative estimate of drug-likeness (QED) is 0.724. The highest BCUT2D eigenvalue weighted by Gasteiger charge is 2.05. The number of rotatable bonds is 2. The summed E-state index contributed by atoms with van der Waals surface area (Å²) in [6.45, 7) is 1.63. The van der Waals surface area contributed by atoms with Gasteiger partial charge in [0.2, 0.25) is 0 Å². The molecule has 0 radical (unpaired) electrons. The van der Waals surface area contributed by atoms with E-state index in [1.807, 2.05) is 18.2 Å². The van der Waals surface area contributed by atoms with Gasteiger partial charge in [0.05, 0.1) is 0 Å². The van der Waals surface area contributed by atoms with Crippen molar-refractivity contribution in [3.05, 3.63) is 30.3 Å². The maximum absolute atomic E-state index is 11.2. The number of carbonyl (C=O) groups is 1. The zero-order valence-corrected chi connectivity index (χ0v) is 7.86. The van der Waals surface area contributed by atoms with E-state index in [9.17, 15) is 4.79 Å². The number of amides is 1. The number of ether oxygens (including phenoxy) is 1. The van der Waals surface area contributed by atoms with Crippen molar-refractivity contribution in [3.8, 4) is 12.3 Å². The van der Waals surface area contributed by atoms with Crippen LogP contribution >= 0.6 is 0 Å². The van der Waals surface area contributed by atoms with Crippen molar-refractivity contribution in [1.82, 2.24) is 0 Å². The van der Waals surface area contributed by atoms with Crippen LogP contribution in [0.1, 0.15) is 6.92 Å². The monoisotopic (exact) mass is 189 g/mol. The Bertz CT molecular complexity index is 340. The molecule has 14 heavy (non-hydrogen) atoms. The zero-order chi connectivity index (χ0) is 10.4. The highest BCUT2D eigenvalue weighted by Crippen LogP contribution is 2.05. The van der Waals surface area contributed by atoms with Gasteiger partial charge in [-0.1, -0.05) is 24.1 Å². The molecule has 0 aliphatic carbocycles. The lowest BCUT2D eigenvalue weighted by molar-refractivity contribution is 0.145. The largest absolute Gasteiger partial charge is 0.433 e. The first-order valence-corrected chi connectivity index (χ1v) is 4.21. The van der Waals surface area contributed by atoms with Gasteiger partial charge in [-0.25, -0.2) is 4.79 Å². The maximum Gasteiger partial charge on any atom is 0.412 e. The summed E-state index contributed by atoms with van der Waals surface area (Å²) in [5.41, 5.74) is 0.682. The third kappa shape index (κ3) is 3.20. The molecule has 1 rings (SSSR count). The molecule has 1 atom stereocenters. The Kier molecular flexibility index (Phi) is 3.57. The number of nitrogens with one attached hydrogen (secondary N) is 1. The molecule has 0 spiro atoms. The fraction of sp³-hybridized carbons (Fsp3) is 0.182. The second-order valence-electron chi connectivity index (χ2n) is 2.71. The first-order valence-electron chi connectivity index (χ1n) is 4.21. The average Bonchev–Trinajstić information content (AvgIpc) is 2.19. The van der Waals surface area contributed by atoms with Crippen LogP contribution in [0.5, 0.6) is 0 Å². The standard InChI is InChI=1S/C11H11NO2/c1-3-9(2)14-11(13)12-10-7-5-4-6-8-10/h1,4-9H,2H3,(H,12,13)/t9-/m0/s1. The topological polar surface area (TPSA) is 38.3 Å². The van der Waals surface area contributed by atoms with Crippen LogP contribution in [0.3, 0.4) is 0 Å². The van der Waals surface area contributed by atoms with Gasteiger partial charge in [0.25, 0.3) is 0 Å². The SMILES string of the molecule is C#C[C@H](C)OC(=O)Nc1ccccc1. The summed E-state index contributed by atoms with van der Waals surface area (Å²) in [7, 11) is 0. The predicted molar refractivity (Wildman–Crippen MR) is 54.8 cm³/mol. The molecule has 0 aromatic heterocycles. The maximum atomic E-state index is 11.2. The minimum absolute atomic E-state index is 0.515. The average molecular weight is 189 g/mol. The molecule has 0 fully saturated rings. The van der Waals surface area contributed by atoms with Gasteiger partial charge in [0.1, 0.15) is 0 Å². The van der Waals surface area contributed by atoms with Crippen molar-refractivity contribution in [1.29, 1.82) is 0 Å². The Morgan fingerprint density at radius 3 is 2.71 bits per heavy atom. The highest BCUT2D eigenvalue weighted by atomic mass is 16.6. The van der Waals surface area contributed by atoms with E-state index in [4.69, 9.17) is 11.2 Å². The van der Waals surface area contributed by atoms with E-state index in [-0.39, 0.29) is 0 Å². The predicted octanol–water partition coefficient (Wildman–Crippen LogP) is 2.26. The Labute approximate surface area is 83.1 Å². The summed E-state index contributed by atoms with van der Waals surface area (Å²) in [6, 6.07) is 9.03. The minimum atomic E-state index is -0.540. The van der Waals surface area contributed by atoms with Gasteiger partial charge < -0.3 is 4.74 Å².